The number of allylic oxidation sites excluding steroid dienone is 1. The summed E-state index contributed by atoms with van der Waals surface area (Å²) in [5, 5.41) is 11.0. The van der Waals surface area contributed by atoms with Gasteiger partial charge in [0.1, 0.15) is 23.5 Å². The molecule has 0 saturated heterocycles. The average Bonchev–Trinajstić information content (AvgIpc) is 3.00. The van der Waals surface area contributed by atoms with Gasteiger partial charge in [-0.3, -0.25) is 0 Å². The summed E-state index contributed by atoms with van der Waals surface area (Å²) in [6.07, 6.45) is 2.65. The lowest BCUT2D eigenvalue weighted by molar-refractivity contribution is -0.193. The third-order valence-corrected chi connectivity index (χ3v) is 5.75. The monoisotopic (exact) mass is 443 g/mol. The lowest BCUT2D eigenvalue weighted by atomic mass is 9.84. The quantitative estimate of drug-likeness (QED) is 0.681. The molecule has 0 saturated carbocycles. The molecular weight excluding hydrogens is 416 g/mol. The topological polar surface area (TPSA) is 80.3 Å². The van der Waals surface area contributed by atoms with Crippen molar-refractivity contribution in [2.45, 2.75) is 38.5 Å². The van der Waals surface area contributed by atoms with Gasteiger partial charge in [0.2, 0.25) is 11.7 Å². The molecule has 0 bridgehead atoms. The Balaban J connectivity index is 1.81. The Hall–Kier alpha value is -2.97. The van der Waals surface area contributed by atoms with E-state index in [4.69, 9.17) is 15.3 Å². The summed E-state index contributed by atoms with van der Waals surface area (Å²) in [4.78, 5) is 10.8. The van der Waals surface area contributed by atoms with E-state index in [2.05, 4.69) is 11.1 Å². The summed E-state index contributed by atoms with van der Waals surface area (Å²) in [6.45, 7) is 4.01. The van der Waals surface area contributed by atoms with Crippen LogP contribution in [0, 0.1) is 17.6 Å². The molecule has 170 valence electrons. The zero-order valence-electron chi connectivity index (χ0n) is 18.3. The smallest absolute Gasteiger partial charge is 0.221 e. The Morgan fingerprint density at radius 1 is 1.25 bits per heavy atom. The molecule has 0 radical (unpaired) electrons. The Morgan fingerprint density at radius 2 is 1.97 bits per heavy atom. The maximum atomic E-state index is 13.8. The fraction of sp³-hybridized carbons (Fsp3) is 0.375. The Kier molecular flexibility index (Phi) is 5.92. The summed E-state index contributed by atoms with van der Waals surface area (Å²) < 4.78 is 33.9. The maximum Gasteiger partial charge on any atom is 0.221 e. The van der Waals surface area contributed by atoms with E-state index in [1.54, 1.807) is 25.2 Å². The minimum absolute atomic E-state index is 0.0183. The van der Waals surface area contributed by atoms with Crippen molar-refractivity contribution < 1.29 is 23.5 Å². The normalized spacial score (nSPS) is 22.9. The molecule has 32 heavy (non-hydrogen) atoms. The molecule has 8 heteroatoms. The fourth-order valence-corrected chi connectivity index (χ4v) is 4.36. The van der Waals surface area contributed by atoms with Crippen molar-refractivity contribution >= 4 is 5.96 Å². The summed E-state index contributed by atoms with van der Waals surface area (Å²) in [5.41, 5.74) is 7.65. The number of hydrogen-bond donors (Lipinski definition) is 2. The van der Waals surface area contributed by atoms with Crippen LogP contribution in [-0.4, -0.2) is 35.9 Å². The van der Waals surface area contributed by atoms with Crippen LogP contribution in [0.2, 0.25) is 0 Å². The molecule has 0 amide bonds. The molecule has 1 spiro atoms. The van der Waals surface area contributed by atoms with E-state index in [9.17, 15) is 13.9 Å². The van der Waals surface area contributed by atoms with Crippen LogP contribution in [0.25, 0.3) is 11.1 Å². The number of nitrogens with two attached hydrogens (primary N) is 1. The van der Waals surface area contributed by atoms with Gasteiger partial charge in [0, 0.05) is 32.1 Å². The van der Waals surface area contributed by atoms with Gasteiger partial charge in [-0.25, -0.2) is 23.7 Å². The zero-order valence-corrected chi connectivity index (χ0v) is 18.3. The second kappa shape index (κ2) is 8.52. The number of aliphatic imine (C=N–C) groups is 1. The first-order chi connectivity index (χ1) is 15.2. The van der Waals surface area contributed by atoms with Crippen LogP contribution in [0.15, 0.2) is 53.0 Å². The van der Waals surface area contributed by atoms with Gasteiger partial charge in [-0.15, -0.1) is 0 Å². The lowest BCUT2D eigenvalue weighted by Gasteiger charge is -2.39. The van der Waals surface area contributed by atoms with E-state index in [-0.39, 0.29) is 24.6 Å². The van der Waals surface area contributed by atoms with Crippen LogP contribution < -0.4 is 10.5 Å². The molecule has 6 nitrogen and oxygen atoms in total. The van der Waals surface area contributed by atoms with Crippen molar-refractivity contribution in [1.82, 2.24) is 5.06 Å². The number of nitrogens with zero attached hydrogens (tertiary/aromatic N) is 2. The summed E-state index contributed by atoms with van der Waals surface area (Å²) in [6, 6.07) is 8.66. The highest BCUT2D eigenvalue weighted by Crippen LogP contribution is 2.48. The van der Waals surface area contributed by atoms with Gasteiger partial charge in [0.25, 0.3) is 0 Å². The molecule has 4 rings (SSSR count). The van der Waals surface area contributed by atoms with E-state index >= 15 is 0 Å². The van der Waals surface area contributed by atoms with Crippen molar-refractivity contribution in [3.05, 3.63) is 65.2 Å². The van der Waals surface area contributed by atoms with E-state index in [0.717, 1.165) is 11.6 Å². The van der Waals surface area contributed by atoms with Gasteiger partial charge in [-0.05, 0) is 55.7 Å². The largest absolute Gasteiger partial charge is 0.489 e. The first-order valence-corrected chi connectivity index (χ1v) is 10.5. The standard InChI is InChI=1S/C24H27F2N3O3/c1-14(2)8-16(6-7-30)22-13-24(28-23(27)29(3)32-24)20-11-15(4-5-21(20)31-22)17-9-18(25)12-19(26)10-17/h4-5,8-12,16,22,30H,6-7,13H2,1-3H3,(H2,27,28)/t16?,22-,24-/m0/s1. The summed E-state index contributed by atoms with van der Waals surface area (Å²) in [5.74, 6) is -0.593. The van der Waals surface area contributed by atoms with Crippen molar-refractivity contribution in [2.24, 2.45) is 16.6 Å². The molecule has 2 aromatic carbocycles. The van der Waals surface area contributed by atoms with Crippen LogP contribution in [-0.2, 0) is 10.6 Å². The van der Waals surface area contributed by atoms with Gasteiger partial charge in [0.05, 0.1) is 5.56 Å². The van der Waals surface area contributed by atoms with Gasteiger partial charge in [0.15, 0.2) is 0 Å². The second-order valence-electron chi connectivity index (χ2n) is 8.49. The number of hydroxylamine groups is 2. The van der Waals surface area contributed by atoms with Crippen molar-refractivity contribution in [3.8, 4) is 16.9 Å². The number of halogens is 2. The highest BCUT2D eigenvalue weighted by molar-refractivity contribution is 5.79. The van der Waals surface area contributed by atoms with E-state index < -0.39 is 17.4 Å². The van der Waals surface area contributed by atoms with Crippen LogP contribution in [0.3, 0.4) is 0 Å². The first kappa shape index (κ1) is 22.2. The molecule has 2 heterocycles. The third kappa shape index (κ3) is 4.20. The van der Waals surface area contributed by atoms with Gasteiger partial charge in [-0.1, -0.05) is 17.7 Å². The number of benzene rings is 2. The molecule has 2 aromatic rings. The van der Waals surface area contributed by atoms with Crippen LogP contribution in [0.5, 0.6) is 5.75 Å². The van der Waals surface area contributed by atoms with Crippen molar-refractivity contribution in [2.75, 3.05) is 13.7 Å². The minimum atomic E-state index is -1.14. The molecule has 0 aromatic heterocycles. The van der Waals surface area contributed by atoms with Crippen molar-refractivity contribution in [3.63, 3.8) is 0 Å². The number of hydrogen-bond acceptors (Lipinski definition) is 6. The average molecular weight is 443 g/mol. The number of fused-ring (bicyclic) bond motifs is 2. The van der Waals surface area contributed by atoms with Gasteiger partial charge >= 0.3 is 0 Å². The SMILES string of the molecule is CC(C)=CC(CCO)[C@@H]1C[C@@]2(N=C(N)N(C)O2)c2cc(-c3cc(F)cc(F)c3)ccc2O1. The molecule has 0 aliphatic carbocycles. The van der Waals surface area contributed by atoms with Crippen LogP contribution in [0.1, 0.15) is 32.3 Å². The molecule has 2 aliphatic rings. The molecule has 0 fully saturated rings. The maximum absolute atomic E-state index is 13.8. The molecular formula is C24H27F2N3O3. The van der Waals surface area contributed by atoms with Crippen LogP contribution in [0.4, 0.5) is 8.78 Å². The number of guanidine groups is 1. The summed E-state index contributed by atoms with van der Waals surface area (Å²) in [7, 11) is 1.67. The number of ether oxygens (including phenoxy) is 1. The predicted octanol–water partition coefficient (Wildman–Crippen LogP) is 4.09. The minimum Gasteiger partial charge on any atom is -0.489 e. The van der Waals surface area contributed by atoms with E-state index in [0.29, 0.717) is 35.3 Å². The summed E-state index contributed by atoms with van der Waals surface area (Å²) >= 11 is 0. The Morgan fingerprint density at radius 3 is 2.56 bits per heavy atom. The number of aliphatic hydroxyl groups excluding tert-OH is 1. The second-order valence-corrected chi connectivity index (χ2v) is 8.49. The van der Waals surface area contributed by atoms with Crippen LogP contribution >= 0.6 is 0 Å². The predicted molar refractivity (Wildman–Crippen MR) is 118 cm³/mol. The van der Waals surface area contributed by atoms with Gasteiger partial charge < -0.3 is 15.6 Å². The first-order valence-electron chi connectivity index (χ1n) is 10.5. The molecule has 3 atom stereocenters. The van der Waals surface area contributed by atoms with Gasteiger partial charge in [-0.2, -0.15) is 0 Å². The zero-order chi connectivity index (χ0) is 23.0. The lowest BCUT2D eigenvalue weighted by Crippen LogP contribution is -2.42. The molecule has 2 aliphatic heterocycles. The Labute approximate surface area is 185 Å². The number of aliphatic hydroxyl groups is 1. The van der Waals surface area contributed by atoms with E-state index in [1.807, 2.05) is 13.8 Å². The highest BCUT2D eigenvalue weighted by Gasteiger charge is 2.49. The molecule has 3 N–H and O–H groups in total. The third-order valence-electron chi connectivity index (χ3n) is 5.75. The van der Waals surface area contributed by atoms with Crippen molar-refractivity contribution in [1.29, 1.82) is 0 Å². The molecule has 1 unspecified atom stereocenters. The Bertz CT molecular complexity index is 1060. The van der Waals surface area contributed by atoms with E-state index in [1.165, 1.54) is 17.2 Å². The highest BCUT2D eigenvalue weighted by atomic mass is 19.1. The fourth-order valence-electron chi connectivity index (χ4n) is 4.36. The number of rotatable bonds is 5.